The monoisotopic (exact) mass is 464 g/mol. The van der Waals surface area contributed by atoms with E-state index in [9.17, 15) is 9.18 Å². The molecule has 0 aliphatic heterocycles. The number of hydrogen-bond donors (Lipinski definition) is 2. The molecular formula is C23H25FN8O2. The predicted molar refractivity (Wildman–Crippen MR) is 125 cm³/mol. The van der Waals surface area contributed by atoms with E-state index in [4.69, 9.17) is 4.74 Å². The second kappa shape index (κ2) is 8.93. The minimum atomic E-state index is -0.647. The minimum absolute atomic E-state index is 0.00898. The minimum Gasteiger partial charge on any atom is -0.457 e. The third-order valence-corrected chi connectivity index (χ3v) is 4.84. The maximum absolute atomic E-state index is 14.7. The van der Waals surface area contributed by atoms with Gasteiger partial charge in [0.15, 0.2) is 5.82 Å². The molecule has 34 heavy (non-hydrogen) atoms. The number of amides is 2. The van der Waals surface area contributed by atoms with Crippen LogP contribution in [0.1, 0.15) is 32.2 Å². The fraction of sp³-hybridized carbons (Fsp3) is 0.261. The first-order valence-electron chi connectivity index (χ1n) is 10.5. The number of hydrogen-bond acceptors (Lipinski definition) is 6. The summed E-state index contributed by atoms with van der Waals surface area (Å²) < 4.78 is 22.0. The van der Waals surface area contributed by atoms with Crippen LogP contribution in [0.15, 0.2) is 48.8 Å². The van der Waals surface area contributed by atoms with E-state index in [1.165, 1.54) is 16.9 Å². The van der Waals surface area contributed by atoms with Gasteiger partial charge >= 0.3 is 6.03 Å². The molecule has 0 aliphatic carbocycles. The van der Waals surface area contributed by atoms with Crippen LogP contribution in [-0.2, 0) is 12.5 Å². The van der Waals surface area contributed by atoms with Gasteiger partial charge in [-0.25, -0.2) is 14.2 Å². The molecule has 0 spiro atoms. The van der Waals surface area contributed by atoms with Crippen molar-refractivity contribution in [2.75, 3.05) is 10.6 Å². The Morgan fingerprint density at radius 1 is 1.06 bits per heavy atom. The second-order valence-electron chi connectivity index (χ2n) is 8.74. The zero-order valence-electron chi connectivity index (χ0n) is 19.5. The van der Waals surface area contributed by atoms with Crippen molar-refractivity contribution < 1.29 is 13.9 Å². The van der Waals surface area contributed by atoms with Gasteiger partial charge in [0.25, 0.3) is 0 Å². The van der Waals surface area contributed by atoms with Gasteiger partial charge < -0.3 is 10.1 Å². The molecule has 0 saturated heterocycles. The van der Waals surface area contributed by atoms with E-state index >= 15 is 0 Å². The van der Waals surface area contributed by atoms with Gasteiger partial charge in [-0.3, -0.25) is 10.00 Å². The van der Waals surface area contributed by atoms with Gasteiger partial charge in [0, 0.05) is 36.9 Å². The number of aromatic nitrogens is 6. The molecule has 0 aliphatic rings. The van der Waals surface area contributed by atoms with Crippen molar-refractivity contribution in [3.63, 3.8) is 0 Å². The van der Waals surface area contributed by atoms with Crippen LogP contribution < -0.4 is 15.4 Å². The summed E-state index contributed by atoms with van der Waals surface area (Å²) in [7, 11) is 1.73. The van der Waals surface area contributed by atoms with Gasteiger partial charge in [-0.1, -0.05) is 20.8 Å². The van der Waals surface area contributed by atoms with Crippen LogP contribution in [0.5, 0.6) is 11.5 Å². The SMILES string of the molecule is Cc1cnn(-c2cc(Oc3ccc(NC(=O)Nc4cc(C(C)(C)C)nn4C)c(F)c3)ccn2)n1. The second-order valence-corrected chi connectivity index (χ2v) is 8.74. The molecule has 0 radical (unpaired) electrons. The Labute approximate surface area is 195 Å². The molecular weight excluding hydrogens is 439 g/mol. The van der Waals surface area contributed by atoms with Crippen molar-refractivity contribution in [1.82, 2.24) is 29.8 Å². The molecule has 11 heteroatoms. The Morgan fingerprint density at radius 3 is 2.47 bits per heavy atom. The van der Waals surface area contributed by atoms with Crippen LogP contribution in [-0.4, -0.2) is 35.8 Å². The first kappa shape index (κ1) is 22.9. The Hall–Kier alpha value is -4.28. The first-order chi connectivity index (χ1) is 16.1. The standard InChI is InChI=1S/C23H25FN8O2/c1-14-13-26-32(29-14)20-11-16(8-9-25-20)34-15-6-7-18(17(24)10-15)27-22(33)28-21-12-19(23(2,3)4)30-31(21)5/h6-13H,1-5H3,(H2,27,28,33). The molecule has 2 amide bonds. The summed E-state index contributed by atoms with van der Waals surface area (Å²) in [5, 5.41) is 17.9. The molecule has 10 nitrogen and oxygen atoms in total. The highest BCUT2D eigenvalue weighted by Crippen LogP contribution is 2.27. The quantitative estimate of drug-likeness (QED) is 0.447. The van der Waals surface area contributed by atoms with Gasteiger partial charge in [0.05, 0.1) is 23.3 Å². The number of carbonyl (C=O) groups is 1. The van der Waals surface area contributed by atoms with Crippen LogP contribution in [0, 0.1) is 12.7 Å². The fourth-order valence-corrected chi connectivity index (χ4v) is 3.04. The molecule has 0 fully saturated rings. The molecule has 0 saturated carbocycles. The molecule has 4 rings (SSSR count). The number of pyridine rings is 1. The summed E-state index contributed by atoms with van der Waals surface area (Å²) in [5.74, 6) is 1.01. The highest BCUT2D eigenvalue weighted by molar-refractivity contribution is 5.99. The van der Waals surface area contributed by atoms with E-state index in [1.807, 2.05) is 27.7 Å². The van der Waals surface area contributed by atoms with Crippen LogP contribution in [0.4, 0.5) is 20.7 Å². The summed E-state index contributed by atoms with van der Waals surface area (Å²) in [6, 6.07) is 8.64. The lowest BCUT2D eigenvalue weighted by Crippen LogP contribution is -2.21. The summed E-state index contributed by atoms with van der Waals surface area (Å²) in [6.45, 7) is 7.91. The topological polar surface area (TPSA) is 112 Å². The maximum Gasteiger partial charge on any atom is 0.324 e. The lowest BCUT2D eigenvalue weighted by atomic mass is 9.92. The van der Waals surface area contributed by atoms with Crippen LogP contribution in [0.3, 0.4) is 0 Å². The summed E-state index contributed by atoms with van der Waals surface area (Å²) in [6.07, 6.45) is 3.16. The van der Waals surface area contributed by atoms with Crippen LogP contribution >= 0.6 is 0 Å². The number of benzene rings is 1. The average molecular weight is 465 g/mol. The number of aryl methyl sites for hydroxylation is 2. The lowest BCUT2D eigenvalue weighted by molar-refractivity contribution is 0.262. The van der Waals surface area contributed by atoms with E-state index in [-0.39, 0.29) is 16.9 Å². The van der Waals surface area contributed by atoms with Crippen molar-refractivity contribution in [2.24, 2.45) is 7.05 Å². The first-order valence-corrected chi connectivity index (χ1v) is 10.5. The third kappa shape index (κ3) is 5.20. The number of nitrogens with zero attached hydrogens (tertiary/aromatic N) is 6. The number of carbonyl (C=O) groups excluding carboxylic acids is 1. The Kier molecular flexibility index (Phi) is 6.01. The van der Waals surface area contributed by atoms with E-state index < -0.39 is 11.8 Å². The largest absolute Gasteiger partial charge is 0.457 e. The van der Waals surface area contributed by atoms with Crippen LogP contribution in [0.2, 0.25) is 0 Å². The molecule has 0 atom stereocenters. The zero-order chi connectivity index (χ0) is 24.5. The maximum atomic E-state index is 14.7. The van der Waals surface area contributed by atoms with Crippen LogP contribution in [0.25, 0.3) is 5.82 Å². The van der Waals surface area contributed by atoms with Crippen molar-refractivity contribution in [2.45, 2.75) is 33.1 Å². The molecule has 0 unspecified atom stereocenters. The lowest BCUT2D eigenvalue weighted by Gasteiger charge is -2.13. The van der Waals surface area contributed by atoms with E-state index in [0.29, 0.717) is 17.4 Å². The predicted octanol–water partition coefficient (Wildman–Crippen LogP) is 4.58. The van der Waals surface area contributed by atoms with Gasteiger partial charge in [-0.2, -0.15) is 15.3 Å². The Bertz CT molecular complexity index is 1340. The molecule has 1 aromatic carbocycles. The van der Waals surface area contributed by atoms with Crippen molar-refractivity contribution >= 4 is 17.5 Å². The number of urea groups is 1. The zero-order valence-corrected chi connectivity index (χ0v) is 19.5. The van der Waals surface area contributed by atoms with Gasteiger partial charge in [0.2, 0.25) is 0 Å². The molecule has 176 valence electrons. The Morgan fingerprint density at radius 2 is 1.82 bits per heavy atom. The van der Waals surface area contributed by atoms with E-state index in [2.05, 4.69) is 30.9 Å². The normalized spacial score (nSPS) is 11.4. The third-order valence-electron chi connectivity index (χ3n) is 4.84. The number of nitrogens with one attached hydrogen (secondary N) is 2. The van der Waals surface area contributed by atoms with Gasteiger partial charge in [0.1, 0.15) is 23.1 Å². The fourth-order valence-electron chi connectivity index (χ4n) is 3.04. The number of ether oxygens (including phenoxy) is 1. The molecule has 2 N–H and O–H groups in total. The van der Waals surface area contributed by atoms with Crippen molar-refractivity contribution in [3.05, 3.63) is 66.0 Å². The van der Waals surface area contributed by atoms with Gasteiger partial charge in [-0.15, -0.1) is 4.80 Å². The Balaban J connectivity index is 1.43. The molecule has 3 heterocycles. The smallest absolute Gasteiger partial charge is 0.324 e. The highest BCUT2D eigenvalue weighted by atomic mass is 19.1. The highest BCUT2D eigenvalue weighted by Gasteiger charge is 2.20. The molecule has 3 aromatic heterocycles. The van der Waals surface area contributed by atoms with Crippen molar-refractivity contribution in [3.8, 4) is 17.3 Å². The molecule has 0 bridgehead atoms. The number of anilines is 2. The number of halogens is 1. The average Bonchev–Trinajstić information content (AvgIpc) is 3.36. The number of rotatable bonds is 5. The molecule has 4 aromatic rings. The van der Waals surface area contributed by atoms with E-state index in [1.54, 1.807) is 48.4 Å². The van der Waals surface area contributed by atoms with E-state index in [0.717, 1.165) is 11.4 Å². The van der Waals surface area contributed by atoms with Crippen molar-refractivity contribution in [1.29, 1.82) is 0 Å². The summed E-state index contributed by atoms with van der Waals surface area (Å²) in [4.78, 5) is 18.0. The summed E-state index contributed by atoms with van der Waals surface area (Å²) >= 11 is 0. The summed E-state index contributed by atoms with van der Waals surface area (Å²) in [5.41, 5.74) is 1.42. The van der Waals surface area contributed by atoms with Gasteiger partial charge in [-0.05, 0) is 25.1 Å².